The van der Waals surface area contributed by atoms with Crippen LogP contribution in [0, 0.1) is 0 Å². The van der Waals surface area contributed by atoms with Gasteiger partial charge < -0.3 is 15.3 Å². The second-order valence-electron chi connectivity index (χ2n) is 7.26. The molecule has 0 aromatic heterocycles. The highest BCUT2D eigenvalue weighted by molar-refractivity contribution is 5.97. The molecule has 6 nitrogen and oxygen atoms in total. The molecule has 0 unspecified atom stereocenters. The first-order valence-corrected chi connectivity index (χ1v) is 9.91. The molecule has 0 heterocycles. The average Bonchev–Trinajstić information content (AvgIpc) is 2.73. The molecule has 158 valence electrons. The number of nitrogens with one attached hydrogen (secondary N) is 1. The molecule has 2 aromatic rings. The molecule has 6 heteroatoms. The Bertz CT molecular complexity index is 891. The highest BCUT2D eigenvalue weighted by Crippen LogP contribution is 2.10. The van der Waals surface area contributed by atoms with Crippen molar-refractivity contribution in [3.8, 4) is 0 Å². The Morgan fingerprint density at radius 2 is 1.80 bits per heavy atom. The Kier molecular flexibility index (Phi) is 8.81. The third kappa shape index (κ3) is 7.54. The predicted octanol–water partition coefficient (Wildman–Crippen LogP) is 3.38. The van der Waals surface area contributed by atoms with Crippen LogP contribution in [0.5, 0.6) is 0 Å². The monoisotopic (exact) mass is 408 g/mol. The molecule has 0 aliphatic heterocycles. The molecule has 2 rings (SSSR count). The van der Waals surface area contributed by atoms with E-state index < -0.39 is 17.9 Å². The summed E-state index contributed by atoms with van der Waals surface area (Å²) in [6.07, 6.45) is 6.09. The SMILES string of the molecule is CN(C)C(=O)CCC/C=C\c1cccc(C(=O)N[C@@H](Cc2ccccc2)C(=O)O)c1. The largest absolute Gasteiger partial charge is 0.480 e. The Morgan fingerprint density at radius 1 is 1.07 bits per heavy atom. The van der Waals surface area contributed by atoms with E-state index >= 15 is 0 Å². The van der Waals surface area contributed by atoms with Gasteiger partial charge in [-0.2, -0.15) is 0 Å². The van der Waals surface area contributed by atoms with Gasteiger partial charge in [0.15, 0.2) is 0 Å². The number of carbonyl (C=O) groups excluding carboxylic acids is 2. The topological polar surface area (TPSA) is 86.7 Å². The van der Waals surface area contributed by atoms with E-state index in [2.05, 4.69) is 5.32 Å². The first-order valence-electron chi connectivity index (χ1n) is 9.91. The zero-order valence-corrected chi connectivity index (χ0v) is 17.4. The van der Waals surface area contributed by atoms with Crippen LogP contribution in [0.15, 0.2) is 60.7 Å². The van der Waals surface area contributed by atoms with Crippen LogP contribution in [0.1, 0.15) is 40.7 Å². The summed E-state index contributed by atoms with van der Waals surface area (Å²) >= 11 is 0. The first kappa shape index (κ1) is 22.9. The normalized spacial score (nSPS) is 11.8. The molecule has 30 heavy (non-hydrogen) atoms. The van der Waals surface area contributed by atoms with E-state index in [1.807, 2.05) is 48.6 Å². The van der Waals surface area contributed by atoms with Crippen molar-refractivity contribution in [1.29, 1.82) is 0 Å². The molecule has 2 amide bonds. The minimum absolute atomic E-state index is 0.102. The van der Waals surface area contributed by atoms with Crippen LogP contribution >= 0.6 is 0 Å². The van der Waals surface area contributed by atoms with E-state index in [0.29, 0.717) is 12.0 Å². The Balaban J connectivity index is 1.95. The maximum atomic E-state index is 12.6. The lowest BCUT2D eigenvalue weighted by atomic mass is 10.0. The first-order chi connectivity index (χ1) is 14.4. The molecule has 0 radical (unpaired) electrons. The molecule has 0 spiro atoms. The smallest absolute Gasteiger partial charge is 0.326 e. The van der Waals surface area contributed by atoms with Crippen LogP contribution in [0.3, 0.4) is 0 Å². The van der Waals surface area contributed by atoms with E-state index in [-0.39, 0.29) is 12.3 Å². The van der Waals surface area contributed by atoms with E-state index in [1.165, 1.54) is 0 Å². The van der Waals surface area contributed by atoms with Crippen LogP contribution in [-0.4, -0.2) is 47.9 Å². The van der Waals surface area contributed by atoms with Gasteiger partial charge in [-0.1, -0.05) is 54.6 Å². The number of benzene rings is 2. The van der Waals surface area contributed by atoms with Crippen molar-refractivity contribution in [3.63, 3.8) is 0 Å². The van der Waals surface area contributed by atoms with E-state index in [1.54, 1.807) is 37.2 Å². The number of carbonyl (C=O) groups is 3. The Morgan fingerprint density at radius 3 is 2.47 bits per heavy atom. The molecular formula is C24H28N2O4. The molecule has 0 bridgehead atoms. The molecule has 1 atom stereocenters. The molecule has 0 saturated carbocycles. The minimum Gasteiger partial charge on any atom is -0.480 e. The van der Waals surface area contributed by atoms with Gasteiger partial charge in [0.2, 0.25) is 5.91 Å². The number of carboxylic acids is 1. The second kappa shape index (κ2) is 11.6. The summed E-state index contributed by atoms with van der Waals surface area (Å²) in [7, 11) is 3.48. The van der Waals surface area contributed by atoms with Crippen molar-refractivity contribution in [2.45, 2.75) is 31.7 Å². The zero-order valence-electron chi connectivity index (χ0n) is 17.4. The van der Waals surface area contributed by atoms with Crippen molar-refractivity contribution in [2.24, 2.45) is 0 Å². The van der Waals surface area contributed by atoms with Gasteiger partial charge in [-0.25, -0.2) is 4.79 Å². The highest BCUT2D eigenvalue weighted by Gasteiger charge is 2.21. The lowest BCUT2D eigenvalue weighted by Crippen LogP contribution is -2.42. The van der Waals surface area contributed by atoms with Gasteiger partial charge in [-0.3, -0.25) is 9.59 Å². The summed E-state index contributed by atoms with van der Waals surface area (Å²) in [5.74, 6) is -1.40. The van der Waals surface area contributed by atoms with Gasteiger partial charge in [0.05, 0.1) is 0 Å². The number of aliphatic carboxylic acids is 1. The summed E-state index contributed by atoms with van der Waals surface area (Å²) in [6, 6.07) is 15.2. The van der Waals surface area contributed by atoms with Crippen LogP contribution in [0.4, 0.5) is 0 Å². The van der Waals surface area contributed by atoms with Crippen LogP contribution in [0.25, 0.3) is 6.08 Å². The number of nitrogens with zero attached hydrogens (tertiary/aromatic N) is 1. The van der Waals surface area contributed by atoms with Gasteiger partial charge in [0.25, 0.3) is 5.91 Å². The number of rotatable bonds is 10. The quantitative estimate of drug-likeness (QED) is 0.590. The lowest BCUT2D eigenvalue weighted by molar-refractivity contribution is -0.139. The minimum atomic E-state index is -1.07. The molecule has 2 aromatic carbocycles. The summed E-state index contributed by atoms with van der Waals surface area (Å²) < 4.78 is 0. The van der Waals surface area contributed by atoms with E-state index in [0.717, 1.165) is 24.0 Å². The fourth-order valence-electron chi connectivity index (χ4n) is 2.89. The molecule has 0 aliphatic rings. The lowest BCUT2D eigenvalue weighted by Gasteiger charge is -2.15. The molecule has 0 aliphatic carbocycles. The summed E-state index contributed by atoms with van der Waals surface area (Å²) in [6.45, 7) is 0. The van der Waals surface area contributed by atoms with Gasteiger partial charge in [-0.05, 0) is 36.1 Å². The molecule has 0 saturated heterocycles. The zero-order chi connectivity index (χ0) is 21.9. The maximum absolute atomic E-state index is 12.6. The molecule has 0 fully saturated rings. The number of hydrogen-bond acceptors (Lipinski definition) is 3. The fourth-order valence-corrected chi connectivity index (χ4v) is 2.89. The summed E-state index contributed by atoms with van der Waals surface area (Å²) in [4.78, 5) is 37.3. The van der Waals surface area contributed by atoms with Crippen molar-refractivity contribution < 1.29 is 19.5 Å². The third-order valence-electron chi connectivity index (χ3n) is 4.61. The van der Waals surface area contributed by atoms with Crippen LogP contribution in [-0.2, 0) is 16.0 Å². The molecule has 2 N–H and O–H groups in total. The second-order valence-corrected chi connectivity index (χ2v) is 7.26. The Hall–Kier alpha value is -3.41. The van der Waals surface area contributed by atoms with Gasteiger partial charge >= 0.3 is 5.97 Å². The number of carboxylic acid groups (broad SMARTS) is 1. The maximum Gasteiger partial charge on any atom is 0.326 e. The van der Waals surface area contributed by atoms with Crippen LogP contribution < -0.4 is 5.32 Å². The highest BCUT2D eigenvalue weighted by atomic mass is 16.4. The van der Waals surface area contributed by atoms with E-state index in [4.69, 9.17) is 0 Å². The van der Waals surface area contributed by atoms with E-state index in [9.17, 15) is 19.5 Å². The van der Waals surface area contributed by atoms with Gasteiger partial charge in [0.1, 0.15) is 6.04 Å². The number of amides is 2. The molecular weight excluding hydrogens is 380 g/mol. The van der Waals surface area contributed by atoms with Crippen LogP contribution in [0.2, 0.25) is 0 Å². The predicted molar refractivity (Wildman–Crippen MR) is 117 cm³/mol. The van der Waals surface area contributed by atoms with Gasteiger partial charge in [0, 0.05) is 32.5 Å². The Labute approximate surface area is 177 Å². The van der Waals surface area contributed by atoms with Crippen molar-refractivity contribution in [2.75, 3.05) is 14.1 Å². The van der Waals surface area contributed by atoms with Gasteiger partial charge in [-0.15, -0.1) is 0 Å². The van der Waals surface area contributed by atoms with Crippen molar-refractivity contribution in [3.05, 3.63) is 77.4 Å². The number of unbranched alkanes of at least 4 members (excludes halogenated alkanes) is 1. The fraction of sp³-hybridized carbons (Fsp3) is 0.292. The summed E-state index contributed by atoms with van der Waals surface area (Å²) in [5.41, 5.74) is 2.09. The van der Waals surface area contributed by atoms with Crippen molar-refractivity contribution >= 4 is 23.9 Å². The average molecular weight is 408 g/mol. The third-order valence-corrected chi connectivity index (χ3v) is 4.61. The number of allylic oxidation sites excluding steroid dienone is 1. The van der Waals surface area contributed by atoms with Crippen molar-refractivity contribution in [1.82, 2.24) is 10.2 Å². The summed E-state index contributed by atoms with van der Waals surface area (Å²) in [5, 5.41) is 12.1. The standard InChI is InChI=1S/C24H28N2O4/c1-26(2)22(27)15-8-4-7-10-18-13-9-14-20(16-18)23(28)25-21(24(29)30)17-19-11-5-3-6-12-19/h3,5-7,9-14,16,21H,4,8,15,17H2,1-2H3,(H,25,28)(H,29,30)/b10-7-/t21-/m0/s1. The number of hydrogen-bond donors (Lipinski definition) is 2.